The molecule has 0 amide bonds. The van der Waals surface area contributed by atoms with E-state index in [1.54, 1.807) is 7.11 Å². The lowest BCUT2D eigenvalue weighted by Crippen LogP contribution is -2.31. The molecule has 1 saturated heterocycles. The molecule has 0 bridgehead atoms. The van der Waals surface area contributed by atoms with Gasteiger partial charge in [0.05, 0.1) is 17.8 Å². The molecule has 1 fully saturated rings. The predicted molar refractivity (Wildman–Crippen MR) is 128 cm³/mol. The van der Waals surface area contributed by atoms with Gasteiger partial charge in [-0.2, -0.15) is 5.10 Å². The molecule has 164 valence electrons. The van der Waals surface area contributed by atoms with Crippen LogP contribution in [-0.4, -0.2) is 55.2 Å². The topological polar surface area (TPSA) is 70.8 Å². The van der Waals surface area contributed by atoms with Crippen LogP contribution in [0, 0.1) is 0 Å². The number of piperidine rings is 1. The Bertz CT molecular complexity index is 907. The van der Waals surface area contributed by atoms with Crippen LogP contribution in [-0.2, 0) is 11.2 Å². The smallest absolute Gasteiger partial charge is 0.0699 e. The molecule has 4 rings (SSSR count). The lowest BCUT2D eigenvalue weighted by atomic mass is 10.0. The number of hydrogen-bond donors (Lipinski definition) is 4. The Morgan fingerprint density at radius 2 is 1.97 bits per heavy atom. The summed E-state index contributed by atoms with van der Waals surface area (Å²) >= 11 is 4.60. The number of nitrogens with zero attached hydrogens (tertiary/aromatic N) is 2. The minimum Gasteiger partial charge on any atom is -0.400 e. The summed E-state index contributed by atoms with van der Waals surface area (Å²) in [5.41, 5.74) is 5.80. The summed E-state index contributed by atoms with van der Waals surface area (Å²) in [4.78, 5) is 0.971. The number of fused-ring (bicyclic) bond motifs is 1. The zero-order chi connectivity index (χ0) is 21.9. The lowest BCUT2D eigenvalue weighted by Gasteiger charge is -2.20. The molecular formula is C23H34N4O2S. The van der Waals surface area contributed by atoms with E-state index in [1.165, 1.54) is 24.0 Å². The number of thiol groups is 1. The van der Waals surface area contributed by atoms with Crippen LogP contribution in [0.1, 0.15) is 25.3 Å². The zero-order valence-corrected chi connectivity index (χ0v) is 19.2. The highest BCUT2D eigenvalue weighted by atomic mass is 32.1. The van der Waals surface area contributed by atoms with Gasteiger partial charge in [0, 0.05) is 38.0 Å². The second kappa shape index (κ2) is 12.6. The first-order valence-corrected chi connectivity index (χ1v) is 10.8. The molecule has 0 aliphatic carbocycles. The van der Waals surface area contributed by atoms with E-state index in [4.69, 9.17) is 9.84 Å². The maximum absolute atomic E-state index is 7.00. The summed E-state index contributed by atoms with van der Waals surface area (Å²) in [6, 6.07) is 10.5. The number of rotatable bonds is 4. The molecule has 7 heteroatoms. The maximum atomic E-state index is 7.00. The van der Waals surface area contributed by atoms with Crippen LogP contribution in [0.5, 0.6) is 0 Å². The Morgan fingerprint density at radius 3 is 2.53 bits per heavy atom. The third-order valence-corrected chi connectivity index (χ3v) is 5.57. The summed E-state index contributed by atoms with van der Waals surface area (Å²) in [5.74, 6) is 0. The van der Waals surface area contributed by atoms with E-state index in [1.807, 2.05) is 30.0 Å². The van der Waals surface area contributed by atoms with Crippen molar-refractivity contribution in [2.45, 2.75) is 37.2 Å². The molecule has 1 aliphatic heterocycles. The van der Waals surface area contributed by atoms with Gasteiger partial charge in [-0.25, -0.2) is 4.52 Å². The van der Waals surface area contributed by atoms with Crippen LogP contribution in [0.3, 0.4) is 0 Å². The lowest BCUT2D eigenvalue weighted by molar-refractivity contribution is 0.0765. The van der Waals surface area contributed by atoms with Crippen molar-refractivity contribution >= 4 is 23.8 Å². The van der Waals surface area contributed by atoms with Gasteiger partial charge in [-0.3, -0.25) is 0 Å². The largest absolute Gasteiger partial charge is 0.400 e. The Kier molecular flexibility index (Phi) is 10.2. The fourth-order valence-electron chi connectivity index (χ4n) is 3.43. The second-order valence-electron chi connectivity index (χ2n) is 6.94. The third-order valence-electron chi connectivity index (χ3n) is 5.20. The van der Waals surface area contributed by atoms with Crippen molar-refractivity contribution in [3.05, 3.63) is 48.3 Å². The van der Waals surface area contributed by atoms with Gasteiger partial charge in [0.2, 0.25) is 0 Å². The number of ether oxygens (including phenoxy) is 1. The Labute approximate surface area is 185 Å². The first-order valence-electron chi connectivity index (χ1n) is 10.3. The van der Waals surface area contributed by atoms with Gasteiger partial charge in [-0.1, -0.05) is 13.0 Å². The molecule has 1 aliphatic rings. The second-order valence-corrected chi connectivity index (χ2v) is 7.42. The Balaban J connectivity index is 0.000000269. The van der Waals surface area contributed by atoms with E-state index in [9.17, 15) is 0 Å². The van der Waals surface area contributed by atoms with Gasteiger partial charge >= 0.3 is 0 Å². The van der Waals surface area contributed by atoms with Crippen LogP contribution >= 0.6 is 12.6 Å². The molecule has 0 saturated carbocycles. The molecule has 0 radical (unpaired) electrons. The molecule has 0 spiro atoms. The Hall–Kier alpha value is -2.06. The van der Waals surface area contributed by atoms with Crippen LogP contribution in [0.25, 0.3) is 16.6 Å². The molecule has 30 heavy (non-hydrogen) atoms. The first-order chi connectivity index (χ1) is 14.7. The van der Waals surface area contributed by atoms with Gasteiger partial charge in [-0.05, 0) is 73.3 Å². The molecule has 2 aromatic heterocycles. The monoisotopic (exact) mass is 430 g/mol. The zero-order valence-electron chi connectivity index (χ0n) is 18.4. The molecule has 0 unspecified atom stereocenters. The van der Waals surface area contributed by atoms with Crippen molar-refractivity contribution in [1.29, 1.82) is 0 Å². The van der Waals surface area contributed by atoms with Crippen molar-refractivity contribution in [3.8, 4) is 11.1 Å². The summed E-state index contributed by atoms with van der Waals surface area (Å²) in [6.45, 7) is 4.40. The predicted octanol–water partition coefficient (Wildman–Crippen LogP) is 3.89. The van der Waals surface area contributed by atoms with Crippen LogP contribution in [0.2, 0.25) is 0 Å². The average molecular weight is 431 g/mol. The minimum absolute atomic E-state index is 0.524. The number of aryl methyl sites for hydroxylation is 1. The van der Waals surface area contributed by atoms with Crippen LogP contribution in [0.4, 0.5) is 5.69 Å². The fourth-order valence-corrected chi connectivity index (χ4v) is 3.78. The van der Waals surface area contributed by atoms with Crippen LogP contribution in [0.15, 0.2) is 47.6 Å². The summed E-state index contributed by atoms with van der Waals surface area (Å²) < 4.78 is 7.07. The van der Waals surface area contributed by atoms with E-state index in [0.717, 1.165) is 48.3 Å². The van der Waals surface area contributed by atoms with E-state index in [0.29, 0.717) is 6.10 Å². The van der Waals surface area contributed by atoms with Crippen molar-refractivity contribution in [2.75, 3.05) is 39.7 Å². The summed E-state index contributed by atoms with van der Waals surface area (Å²) in [5, 5.41) is 17.8. The highest BCUT2D eigenvalue weighted by Gasteiger charge is 2.10. The van der Waals surface area contributed by atoms with Gasteiger partial charge in [0.1, 0.15) is 0 Å². The molecule has 3 aromatic rings. The van der Waals surface area contributed by atoms with Crippen molar-refractivity contribution in [2.24, 2.45) is 0 Å². The molecule has 1 aromatic carbocycles. The van der Waals surface area contributed by atoms with Crippen molar-refractivity contribution < 1.29 is 9.84 Å². The summed E-state index contributed by atoms with van der Waals surface area (Å²) in [6.07, 6.45) is 7.80. The number of aliphatic hydroxyl groups excluding tert-OH is 1. The number of anilines is 1. The van der Waals surface area contributed by atoms with E-state index in [2.05, 4.69) is 59.6 Å². The normalized spacial score (nSPS) is 13.8. The number of pyridine rings is 1. The number of nitrogens with one attached hydrogen (secondary N) is 2. The van der Waals surface area contributed by atoms with Gasteiger partial charge in [-0.15, -0.1) is 12.6 Å². The van der Waals surface area contributed by atoms with Gasteiger partial charge in [0.15, 0.2) is 0 Å². The standard InChI is InChI=1S/C16H17N3S.C6H13NO.CH4O/c1-3-11-10-18-19-7-6-12(8-15(11)19)14-5-4-13(17-2)9-16(14)20;1-8-6-2-4-7-5-3-6;1-2/h4-10,17,20H,3H2,1-2H3;6-7H,2-5H2,1H3;2H,1H3. The minimum atomic E-state index is 0.524. The molecule has 3 N–H and O–H groups in total. The highest BCUT2D eigenvalue weighted by molar-refractivity contribution is 7.80. The Morgan fingerprint density at radius 1 is 1.23 bits per heavy atom. The SMILES string of the molecule is CCc1cnn2ccc(-c3ccc(NC)cc3S)cc12.CO.COC1CCNCC1. The maximum Gasteiger partial charge on any atom is 0.0699 e. The fraction of sp³-hybridized carbons (Fsp3) is 0.435. The van der Waals surface area contributed by atoms with Crippen molar-refractivity contribution in [3.63, 3.8) is 0 Å². The number of benzene rings is 1. The molecule has 0 atom stereocenters. The average Bonchev–Trinajstić information content (AvgIpc) is 3.23. The molecule has 3 heterocycles. The van der Waals surface area contributed by atoms with Crippen LogP contribution < -0.4 is 10.6 Å². The van der Waals surface area contributed by atoms with Crippen molar-refractivity contribution in [1.82, 2.24) is 14.9 Å². The number of aromatic nitrogens is 2. The number of methoxy groups -OCH3 is 1. The molecule has 6 nitrogen and oxygen atoms in total. The highest BCUT2D eigenvalue weighted by Crippen LogP contribution is 2.30. The van der Waals surface area contributed by atoms with E-state index in [-0.39, 0.29) is 0 Å². The number of hydrogen-bond acceptors (Lipinski definition) is 6. The van der Waals surface area contributed by atoms with E-state index >= 15 is 0 Å². The first kappa shape index (κ1) is 24.2. The van der Waals surface area contributed by atoms with Gasteiger partial charge < -0.3 is 20.5 Å². The molecular weight excluding hydrogens is 396 g/mol. The number of aliphatic hydroxyl groups is 1. The summed E-state index contributed by atoms with van der Waals surface area (Å²) in [7, 11) is 4.70. The third kappa shape index (κ3) is 6.22. The van der Waals surface area contributed by atoms with Gasteiger partial charge in [0.25, 0.3) is 0 Å². The quantitative estimate of drug-likeness (QED) is 0.473. The van der Waals surface area contributed by atoms with E-state index < -0.39 is 0 Å².